The second kappa shape index (κ2) is 4.62. The van der Waals surface area contributed by atoms with Crippen LogP contribution in [0.4, 0.5) is 0 Å². The van der Waals surface area contributed by atoms with Crippen LogP contribution in [-0.2, 0) is 0 Å². The Bertz CT molecular complexity index is 315. The van der Waals surface area contributed by atoms with Crippen LogP contribution in [0.2, 0.25) is 0 Å². The summed E-state index contributed by atoms with van der Waals surface area (Å²) in [5.74, 6) is -0.00355. The molecule has 1 aromatic carbocycles. The molecule has 0 aromatic heterocycles. The molecule has 0 amide bonds. The first-order valence-electron chi connectivity index (χ1n) is 4.39. The van der Waals surface area contributed by atoms with E-state index in [1.165, 1.54) is 0 Å². The number of hydrogen-bond acceptors (Lipinski definition) is 2. The van der Waals surface area contributed by atoms with E-state index in [1.54, 1.807) is 0 Å². The minimum absolute atomic E-state index is 0.00355. The van der Waals surface area contributed by atoms with E-state index >= 15 is 0 Å². The fraction of sp³-hybridized carbons (Fsp3) is 0.300. The van der Waals surface area contributed by atoms with E-state index < -0.39 is 6.10 Å². The van der Waals surface area contributed by atoms with Crippen LogP contribution in [0.25, 0.3) is 0 Å². The minimum Gasteiger partial charge on any atom is -0.386 e. The van der Waals surface area contributed by atoms with Gasteiger partial charge in [0.1, 0.15) is 0 Å². The maximum Gasteiger partial charge on any atom is 0.186 e. The predicted octanol–water partition coefficient (Wildman–Crippen LogP) is 0.302. The van der Waals surface area contributed by atoms with Crippen molar-refractivity contribution in [1.29, 1.82) is 0 Å². The van der Waals surface area contributed by atoms with Gasteiger partial charge in [-0.3, -0.25) is 4.99 Å². The first-order chi connectivity index (χ1) is 6.59. The zero-order valence-corrected chi connectivity index (χ0v) is 8.14. The fourth-order valence-electron chi connectivity index (χ4n) is 1.09. The zero-order chi connectivity index (χ0) is 10.6. The lowest BCUT2D eigenvalue weighted by molar-refractivity contribution is 0.187. The molecule has 4 heteroatoms. The van der Waals surface area contributed by atoms with Crippen LogP contribution in [0, 0.1) is 6.92 Å². The maximum atomic E-state index is 9.64. The van der Waals surface area contributed by atoms with Gasteiger partial charge in [0.15, 0.2) is 5.96 Å². The third-order valence-electron chi connectivity index (χ3n) is 1.91. The molecule has 0 aliphatic rings. The van der Waals surface area contributed by atoms with Crippen molar-refractivity contribution in [3.63, 3.8) is 0 Å². The molecular weight excluding hydrogens is 178 g/mol. The van der Waals surface area contributed by atoms with E-state index in [9.17, 15) is 5.11 Å². The third-order valence-corrected chi connectivity index (χ3v) is 1.91. The Morgan fingerprint density at radius 2 is 1.93 bits per heavy atom. The fourth-order valence-corrected chi connectivity index (χ4v) is 1.09. The second-order valence-corrected chi connectivity index (χ2v) is 3.19. The Labute approximate surface area is 83.3 Å². The number of guanidine groups is 1. The molecule has 1 rings (SSSR count). The van der Waals surface area contributed by atoms with E-state index in [0.29, 0.717) is 0 Å². The Hall–Kier alpha value is -1.55. The summed E-state index contributed by atoms with van der Waals surface area (Å²) in [6, 6.07) is 7.60. The highest BCUT2D eigenvalue weighted by molar-refractivity contribution is 5.75. The summed E-state index contributed by atoms with van der Waals surface area (Å²) in [5, 5.41) is 9.64. The summed E-state index contributed by atoms with van der Waals surface area (Å²) in [6.45, 7) is 2.19. The number of benzene rings is 1. The lowest BCUT2D eigenvalue weighted by Gasteiger charge is -2.08. The predicted molar refractivity (Wildman–Crippen MR) is 56.8 cm³/mol. The van der Waals surface area contributed by atoms with Crippen LogP contribution in [0.1, 0.15) is 17.2 Å². The maximum absolute atomic E-state index is 9.64. The van der Waals surface area contributed by atoms with Crippen LogP contribution in [0.5, 0.6) is 0 Å². The Balaban J connectivity index is 2.65. The normalized spacial score (nSPS) is 12.1. The van der Waals surface area contributed by atoms with Gasteiger partial charge in [-0.05, 0) is 12.5 Å². The molecule has 5 N–H and O–H groups in total. The largest absolute Gasteiger partial charge is 0.386 e. The molecule has 14 heavy (non-hydrogen) atoms. The number of rotatable bonds is 3. The lowest BCUT2D eigenvalue weighted by Crippen LogP contribution is -2.23. The van der Waals surface area contributed by atoms with E-state index in [-0.39, 0.29) is 12.5 Å². The Kier molecular flexibility index (Phi) is 3.48. The van der Waals surface area contributed by atoms with Crippen molar-refractivity contribution < 1.29 is 5.11 Å². The first kappa shape index (κ1) is 10.5. The number of hydrogen-bond donors (Lipinski definition) is 3. The SMILES string of the molecule is Cc1ccc(C(O)CN=C(N)N)cc1. The van der Waals surface area contributed by atoms with Gasteiger partial charge in [-0.1, -0.05) is 29.8 Å². The van der Waals surface area contributed by atoms with E-state index in [4.69, 9.17) is 11.5 Å². The number of aliphatic imine (C=N–C) groups is 1. The van der Waals surface area contributed by atoms with Gasteiger partial charge in [0.25, 0.3) is 0 Å². The highest BCUT2D eigenvalue weighted by Gasteiger charge is 2.05. The first-order valence-corrected chi connectivity index (χ1v) is 4.39. The van der Waals surface area contributed by atoms with Crippen molar-refractivity contribution in [2.24, 2.45) is 16.5 Å². The van der Waals surface area contributed by atoms with Gasteiger partial charge in [-0.15, -0.1) is 0 Å². The van der Waals surface area contributed by atoms with Gasteiger partial charge in [-0.25, -0.2) is 0 Å². The van der Waals surface area contributed by atoms with Crippen LogP contribution in [-0.4, -0.2) is 17.6 Å². The number of aliphatic hydroxyl groups is 1. The van der Waals surface area contributed by atoms with E-state index in [0.717, 1.165) is 11.1 Å². The Morgan fingerprint density at radius 1 is 1.36 bits per heavy atom. The van der Waals surface area contributed by atoms with Crippen molar-refractivity contribution in [2.45, 2.75) is 13.0 Å². The quantitative estimate of drug-likeness (QED) is 0.477. The molecule has 0 aliphatic heterocycles. The number of nitrogens with zero attached hydrogens (tertiary/aromatic N) is 1. The molecule has 0 heterocycles. The molecule has 0 fully saturated rings. The summed E-state index contributed by atoms with van der Waals surface area (Å²) < 4.78 is 0. The smallest absolute Gasteiger partial charge is 0.186 e. The average molecular weight is 193 g/mol. The van der Waals surface area contributed by atoms with Crippen LogP contribution >= 0.6 is 0 Å². The van der Waals surface area contributed by atoms with Crippen molar-refractivity contribution in [1.82, 2.24) is 0 Å². The van der Waals surface area contributed by atoms with Crippen molar-refractivity contribution in [3.8, 4) is 0 Å². The summed E-state index contributed by atoms with van der Waals surface area (Å²) in [6.07, 6.45) is -0.641. The highest BCUT2D eigenvalue weighted by Crippen LogP contribution is 2.13. The monoisotopic (exact) mass is 193 g/mol. The zero-order valence-electron chi connectivity index (χ0n) is 8.14. The van der Waals surface area contributed by atoms with Crippen molar-refractivity contribution in [2.75, 3.05) is 6.54 Å². The van der Waals surface area contributed by atoms with Crippen LogP contribution < -0.4 is 11.5 Å². The standard InChI is InChI=1S/C10H15N3O/c1-7-2-4-8(5-3-7)9(14)6-13-10(11)12/h2-5,9,14H,6H2,1H3,(H4,11,12,13). The van der Waals surface area contributed by atoms with E-state index in [1.807, 2.05) is 31.2 Å². The van der Waals surface area contributed by atoms with Crippen molar-refractivity contribution >= 4 is 5.96 Å². The third kappa shape index (κ3) is 3.06. The van der Waals surface area contributed by atoms with Gasteiger partial charge in [0.2, 0.25) is 0 Å². The Morgan fingerprint density at radius 3 is 2.43 bits per heavy atom. The second-order valence-electron chi connectivity index (χ2n) is 3.19. The van der Waals surface area contributed by atoms with Crippen LogP contribution in [0.15, 0.2) is 29.3 Å². The molecule has 76 valence electrons. The molecular formula is C10H15N3O. The van der Waals surface area contributed by atoms with Gasteiger partial charge < -0.3 is 16.6 Å². The molecule has 1 aromatic rings. The van der Waals surface area contributed by atoms with Gasteiger partial charge >= 0.3 is 0 Å². The molecule has 0 saturated carbocycles. The summed E-state index contributed by atoms with van der Waals surface area (Å²) in [5.41, 5.74) is 12.3. The number of nitrogens with two attached hydrogens (primary N) is 2. The minimum atomic E-state index is -0.641. The van der Waals surface area contributed by atoms with Crippen LogP contribution in [0.3, 0.4) is 0 Å². The number of aliphatic hydroxyl groups excluding tert-OH is 1. The molecule has 1 atom stereocenters. The molecule has 4 nitrogen and oxygen atoms in total. The summed E-state index contributed by atoms with van der Waals surface area (Å²) >= 11 is 0. The number of aryl methyl sites for hydroxylation is 1. The molecule has 0 spiro atoms. The summed E-state index contributed by atoms with van der Waals surface area (Å²) in [4.78, 5) is 3.75. The molecule has 0 bridgehead atoms. The van der Waals surface area contributed by atoms with Crippen molar-refractivity contribution in [3.05, 3.63) is 35.4 Å². The molecule has 1 unspecified atom stereocenters. The van der Waals surface area contributed by atoms with Gasteiger partial charge in [0.05, 0.1) is 12.6 Å². The summed E-state index contributed by atoms with van der Waals surface area (Å²) in [7, 11) is 0. The molecule has 0 saturated heterocycles. The average Bonchev–Trinajstić information content (AvgIpc) is 2.15. The van der Waals surface area contributed by atoms with E-state index in [2.05, 4.69) is 4.99 Å². The van der Waals surface area contributed by atoms with Gasteiger partial charge in [-0.2, -0.15) is 0 Å². The van der Waals surface area contributed by atoms with Gasteiger partial charge in [0, 0.05) is 0 Å². The molecule has 0 radical (unpaired) electrons. The molecule has 0 aliphatic carbocycles. The lowest BCUT2D eigenvalue weighted by atomic mass is 10.1. The highest BCUT2D eigenvalue weighted by atomic mass is 16.3. The topological polar surface area (TPSA) is 84.6 Å².